The van der Waals surface area contributed by atoms with Crippen LogP contribution in [0, 0.1) is 0 Å². The molecule has 1 nitrogen and oxygen atoms in total. The second kappa shape index (κ2) is 8.77. The highest BCUT2D eigenvalue weighted by Crippen LogP contribution is 2.13. The van der Waals surface area contributed by atoms with Crippen LogP contribution in [0.25, 0.3) is 0 Å². The predicted octanol–water partition coefficient (Wildman–Crippen LogP) is 4.19. The van der Waals surface area contributed by atoms with Crippen molar-refractivity contribution in [1.29, 1.82) is 0 Å². The first-order valence-corrected chi connectivity index (χ1v) is 7.49. The molecule has 1 aromatic rings. The molecule has 0 aliphatic rings. The van der Waals surface area contributed by atoms with E-state index in [0.717, 1.165) is 0 Å². The van der Waals surface area contributed by atoms with E-state index in [1.165, 1.54) is 51.7 Å². The minimum Gasteiger partial charge on any atom is -0.304 e. The average molecular weight is 239 g/mol. The number of rotatable bonds is 9. The summed E-state index contributed by atoms with van der Waals surface area (Å²) in [6.45, 7) is 8.18. The van der Waals surface area contributed by atoms with Gasteiger partial charge in [0.05, 0.1) is 0 Å². The molecular weight excluding hydrogens is 214 g/mol. The van der Waals surface area contributed by atoms with E-state index in [1.54, 1.807) is 4.88 Å². The van der Waals surface area contributed by atoms with Crippen molar-refractivity contribution >= 4 is 11.3 Å². The summed E-state index contributed by atoms with van der Waals surface area (Å²) in [5.74, 6) is 0. The lowest BCUT2D eigenvalue weighted by atomic mass is 10.1. The molecule has 0 aromatic carbocycles. The molecule has 2 heteroatoms. The summed E-state index contributed by atoms with van der Waals surface area (Å²) in [5, 5.41) is 2.18. The van der Waals surface area contributed by atoms with Crippen LogP contribution in [-0.2, 0) is 6.42 Å². The zero-order valence-electron chi connectivity index (χ0n) is 10.7. The molecule has 0 N–H and O–H groups in total. The fourth-order valence-corrected chi connectivity index (χ4v) is 2.73. The van der Waals surface area contributed by atoms with Crippen LogP contribution in [0.1, 0.15) is 44.4 Å². The Balaban J connectivity index is 1.92. The minimum atomic E-state index is 1.20. The van der Waals surface area contributed by atoms with Gasteiger partial charge in [-0.15, -0.1) is 11.3 Å². The molecule has 0 unspecified atom stereocenters. The molecule has 1 heterocycles. The third-order valence-electron chi connectivity index (χ3n) is 3.12. The Morgan fingerprint density at radius 2 is 1.81 bits per heavy atom. The fourth-order valence-electron chi connectivity index (χ4n) is 1.98. The quantitative estimate of drug-likeness (QED) is 0.584. The number of nitrogens with zero attached hydrogens (tertiary/aromatic N) is 1. The summed E-state index contributed by atoms with van der Waals surface area (Å²) >= 11 is 1.89. The maximum atomic E-state index is 2.51. The van der Waals surface area contributed by atoms with Gasteiger partial charge in [0.2, 0.25) is 0 Å². The summed E-state index contributed by atoms with van der Waals surface area (Å²) in [6, 6.07) is 4.40. The van der Waals surface area contributed by atoms with Gasteiger partial charge in [0.25, 0.3) is 0 Å². The van der Waals surface area contributed by atoms with Crippen LogP contribution in [0.5, 0.6) is 0 Å². The zero-order valence-corrected chi connectivity index (χ0v) is 11.6. The molecule has 1 aromatic heterocycles. The number of hydrogen-bond donors (Lipinski definition) is 0. The van der Waals surface area contributed by atoms with Crippen LogP contribution >= 0.6 is 11.3 Å². The van der Waals surface area contributed by atoms with E-state index in [9.17, 15) is 0 Å². The highest BCUT2D eigenvalue weighted by atomic mass is 32.1. The van der Waals surface area contributed by atoms with Crippen LogP contribution in [0.3, 0.4) is 0 Å². The minimum absolute atomic E-state index is 1.20. The van der Waals surface area contributed by atoms with Crippen molar-refractivity contribution in [3.05, 3.63) is 22.4 Å². The first-order valence-electron chi connectivity index (χ1n) is 6.61. The SMILES string of the molecule is CCN(CC)CCCCCCc1cccs1. The molecule has 0 fully saturated rings. The highest BCUT2D eigenvalue weighted by molar-refractivity contribution is 7.09. The normalized spacial score (nSPS) is 11.2. The Morgan fingerprint density at radius 3 is 2.44 bits per heavy atom. The molecule has 0 spiro atoms. The summed E-state index contributed by atoms with van der Waals surface area (Å²) < 4.78 is 0. The number of unbranched alkanes of at least 4 members (excludes halogenated alkanes) is 3. The van der Waals surface area contributed by atoms with Gasteiger partial charge < -0.3 is 4.90 Å². The predicted molar refractivity (Wildman–Crippen MR) is 74.3 cm³/mol. The van der Waals surface area contributed by atoms with Crippen molar-refractivity contribution in [2.45, 2.75) is 46.0 Å². The molecule has 16 heavy (non-hydrogen) atoms. The van der Waals surface area contributed by atoms with Crippen molar-refractivity contribution in [3.63, 3.8) is 0 Å². The van der Waals surface area contributed by atoms with Crippen LogP contribution in [0.2, 0.25) is 0 Å². The van der Waals surface area contributed by atoms with Gasteiger partial charge in [-0.3, -0.25) is 0 Å². The lowest BCUT2D eigenvalue weighted by molar-refractivity contribution is 0.295. The van der Waals surface area contributed by atoms with E-state index in [2.05, 4.69) is 36.3 Å². The standard InChI is InChI=1S/C14H25NS/c1-3-15(4-2)12-8-6-5-7-10-14-11-9-13-16-14/h9,11,13H,3-8,10,12H2,1-2H3. The molecular formula is C14H25NS. The number of thiophene rings is 1. The van der Waals surface area contributed by atoms with Crippen molar-refractivity contribution in [3.8, 4) is 0 Å². The third kappa shape index (κ3) is 5.66. The van der Waals surface area contributed by atoms with Gasteiger partial charge in [0, 0.05) is 4.88 Å². The highest BCUT2D eigenvalue weighted by Gasteiger charge is 1.98. The van der Waals surface area contributed by atoms with Crippen molar-refractivity contribution in [2.24, 2.45) is 0 Å². The fraction of sp³-hybridized carbons (Fsp3) is 0.714. The molecule has 0 radical (unpaired) electrons. The lowest BCUT2D eigenvalue weighted by Crippen LogP contribution is -2.23. The molecule has 0 bridgehead atoms. The summed E-state index contributed by atoms with van der Waals surface area (Å²) in [4.78, 5) is 4.06. The first kappa shape index (κ1) is 13.7. The Kier molecular flexibility index (Phi) is 7.52. The van der Waals surface area contributed by atoms with E-state index < -0.39 is 0 Å². The van der Waals surface area contributed by atoms with Crippen LogP contribution < -0.4 is 0 Å². The van der Waals surface area contributed by atoms with Crippen LogP contribution in [0.4, 0.5) is 0 Å². The Labute approximate surface area is 104 Å². The molecule has 0 saturated heterocycles. The molecule has 0 aliphatic heterocycles. The van der Waals surface area contributed by atoms with E-state index in [0.29, 0.717) is 0 Å². The van der Waals surface area contributed by atoms with Gasteiger partial charge in [-0.25, -0.2) is 0 Å². The molecule has 0 amide bonds. The molecule has 0 saturated carbocycles. The average Bonchev–Trinajstić information content (AvgIpc) is 2.81. The summed E-state index contributed by atoms with van der Waals surface area (Å²) in [6.07, 6.45) is 6.79. The van der Waals surface area contributed by atoms with E-state index in [4.69, 9.17) is 0 Å². The van der Waals surface area contributed by atoms with Gasteiger partial charge in [0.15, 0.2) is 0 Å². The molecule has 0 atom stereocenters. The lowest BCUT2D eigenvalue weighted by Gasteiger charge is -2.17. The van der Waals surface area contributed by atoms with Gasteiger partial charge in [-0.05, 0) is 50.3 Å². The molecule has 0 aliphatic carbocycles. The Morgan fingerprint density at radius 1 is 1.06 bits per heavy atom. The van der Waals surface area contributed by atoms with Crippen LogP contribution in [-0.4, -0.2) is 24.5 Å². The van der Waals surface area contributed by atoms with E-state index in [-0.39, 0.29) is 0 Å². The van der Waals surface area contributed by atoms with Gasteiger partial charge in [-0.2, -0.15) is 0 Å². The summed E-state index contributed by atoms with van der Waals surface area (Å²) in [5.41, 5.74) is 0. The molecule has 1 rings (SSSR count). The second-order valence-corrected chi connectivity index (χ2v) is 5.30. The van der Waals surface area contributed by atoms with Gasteiger partial charge in [0.1, 0.15) is 0 Å². The van der Waals surface area contributed by atoms with Crippen LogP contribution in [0.15, 0.2) is 17.5 Å². The smallest absolute Gasteiger partial charge is 0.00452 e. The van der Waals surface area contributed by atoms with Gasteiger partial charge >= 0.3 is 0 Å². The van der Waals surface area contributed by atoms with Crippen molar-refractivity contribution < 1.29 is 0 Å². The Hall–Kier alpha value is -0.340. The number of aryl methyl sites for hydroxylation is 1. The van der Waals surface area contributed by atoms with Crippen molar-refractivity contribution in [1.82, 2.24) is 4.90 Å². The van der Waals surface area contributed by atoms with Gasteiger partial charge in [-0.1, -0.05) is 32.8 Å². The van der Waals surface area contributed by atoms with Crippen molar-refractivity contribution in [2.75, 3.05) is 19.6 Å². The maximum absolute atomic E-state index is 2.51. The number of hydrogen-bond acceptors (Lipinski definition) is 2. The summed E-state index contributed by atoms with van der Waals surface area (Å²) in [7, 11) is 0. The molecule has 92 valence electrons. The topological polar surface area (TPSA) is 3.24 Å². The maximum Gasteiger partial charge on any atom is 0.00452 e. The third-order valence-corrected chi connectivity index (χ3v) is 4.06. The largest absolute Gasteiger partial charge is 0.304 e. The van der Waals surface area contributed by atoms with E-state index >= 15 is 0 Å². The second-order valence-electron chi connectivity index (χ2n) is 4.27. The Bertz CT molecular complexity index is 239. The van der Waals surface area contributed by atoms with E-state index in [1.807, 2.05) is 11.3 Å². The monoisotopic (exact) mass is 239 g/mol. The first-order chi connectivity index (χ1) is 7.86. The zero-order chi connectivity index (χ0) is 11.6.